The highest BCUT2D eigenvalue weighted by Gasteiger charge is 2.65. The summed E-state index contributed by atoms with van der Waals surface area (Å²) in [6.07, 6.45) is 10.8. The van der Waals surface area contributed by atoms with Crippen molar-refractivity contribution < 1.29 is 28.6 Å². The molecule has 7 aliphatic carbocycles. The molecule has 7 saturated carbocycles. The summed E-state index contributed by atoms with van der Waals surface area (Å²) in [6.45, 7) is 11.2. The fraction of sp³-hybridized carbons (Fsp3) is 0.925. The number of ether oxygens (including phenoxy) is 3. The standard InChI is InChI=1S/C36H52O6.4CH4/c1-6-36(15-21-14-28(36)23-9-7-8-22(21)23)42-33(38)27-11-19-10-25(27)30(17(19)2)29-18(3)24-12-20(29)13-26(24)32(37)41-31-34(39)40-16-35(31,4)5;;;;/h17-31H,6-16H2,1-5H3;4*1H4. The van der Waals surface area contributed by atoms with Gasteiger partial charge in [-0.15, -0.1) is 0 Å². The van der Waals surface area contributed by atoms with Gasteiger partial charge in [-0.1, -0.05) is 70.7 Å². The van der Waals surface area contributed by atoms with Gasteiger partial charge in [0.05, 0.1) is 11.8 Å². The number of hydrogen-bond acceptors (Lipinski definition) is 6. The molecule has 1 heterocycles. The highest BCUT2D eigenvalue weighted by molar-refractivity contribution is 5.83. The third-order valence-electron chi connectivity index (χ3n) is 15.3. The molecule has 0 aromatic heterocycles. The Morgan fingerprint density at radius 3 is 2.07 bits per heavy atom. The molecule has 8 fully saturated rings. The van der Waals surface area contributed by atoms with Gasteiger partial charge in [0, 0.05) is 11.3 Å². The highest BCUT2D eigenvalue weighted by atomic mass is 16.6. The van der Waals surface area contributed by atoms with Crippen molar-refractivity contribution in [2.24, 2.45) is 88.3 Å². The van der Waals surface area contributed by atoms with E-state index in [-0.39, 0.29) is 59.1 Å². The normalized spacial score (nSPS) is 49.7. The molecule has 0 N–H and O–H groups in total. The Kier molecular flexibility index (Phi) is 10.3. The molecule has 0 spiro atoms. The first kappa shape index (κ1) is 37.2. The predicted octanol–water partition coefficient (Wildman–Crippen LogP) is 8.99. The van der Waals surface area contributed by atoms with Crippen LogP contribution in [0.25, 0.3) is 0 Å². The summed E-state index contributed by atoms with van der Waals surface area (Å²) in [5.41, 5.74) is -0.683. The lowest BCUT2D eigenvalue weighted by atomic mass is 9.61. The molecular weight excluding hydrogens is 576 g/mol. The fourth-order valence-corrected chi connectivity index (χ4v) is 13.5. The molecule has 1 saturated heterocycles. The molecule has 0 aromatic rings. The second-order valence-corrected chi connectivity index (χ2v) is 17.2. The van der Waals surface area contributed by atoms with Gasteiger partial charge in [-0.2, -0.15) is 0 Å². The average Bonchev–Trinajstić information content (AvgIpc) is 3.80. The second-order valence-electron chi connectivity index (χ2n) is 17.2. The maximum absolute atomic E-state index is 14.1. The van der Waals surface area contributed by atoms with Crippen LogP contribution >= 0.6 is 0 Å². The van der Waals surface area contributed by atoms with Gasteiger partial charge in [-0.3, -0.25) is 9.59 Å². The third-order valence-corrected chi connectivity index (χ3v) is 15.3. The van der Waals surface area contributed by atoms with Crippen molar-refractivity contribution in [1.29, 1.82) is 0 Å². The SMILES string of the molecule is C.C.C.C.CCC1(OC(=O)C2CC3CC2C(C2C4CC(C(=O)OC5C(=O)OCC5(C)C)C(C4)C2C)C3C)CC2CC1C1CCCC21. The van der Waals surface area contributed by atoms with Gasteiger partial charge in [-0.25, -0.2) is 4.79 Å². The number of hydrogen-bond donors (Lipinski definition) is 0. The first-order valence-electron chi connectivity index (χ1n) is 17.6. The lowest BCUT2D eigenvalue weighted by Gasteiger charge is -2.46. The van der Waals surface area contributed by atoms with E-state index >= 15 is 0 Å². The second kappa shape index (κ2) is 12.7. The van der Waals surface area contributed by atoms with Crippen LogP contribution in [0.5, 0.6) is 0 Å². The number of rotatable bonds is 6. The quantitative estimate of drug-likeness (QED) is 0.212. The summed E-state index contributed by atoms with van der Waals surface area (Å²) in [6, 6.07) is 0. The van der Waals surface area contributed by atoms with Crippen LogP contribution in [0.15, 0.2) is 0 Å². The van der Waals surface area contributed by atoms with Crippen molar-refractivity contribution in [2.75, 3.05) is 6.61 Å². The van der Waals surface area contributed by atoms with Gasteiger partial charge in [0.1, 0.15) is 12.2 Å². The summed E-state index contributed by atoms with van der Waals surface area (Å²) in [5.74, 6) is 6.56. The molecule has 0 aromatic carbocycles. The van der Waals surface area contributed by atoms with E-state index in [2.05, 4.69) is 20.8 Å². The zero-order valence-electron chi connectivity index (χ0n) is 26.4. The zero-order valence-corrected chi connectivity index (χ0v) is 26.4. The van der Waals surface area contributed by atoms with E-state index in [0.717, 1.165) is 49.9 Å². The van der Waals surface area contributed by atoms with Gasteiger partial charge >= 0.3 is 17.9 Å². The minimum atomic E-state index is -0.798. The molecule has 6 nitrogen and oxygen atoms in total. The molecule has 1 aliphatic heterocycles. The van der Waals surface area contributed by atoms with Gasteiger partial charge in [0.2, 0.25) is 6.10 Å². The van der Waals surface area contributed by atoms with Crippen LogP contribution in [0.4, 0.5) is 0 Å². The lowest BCUT2D eigenvalue weighted by Crippen LogP contribution is -2.48. The van der Waals surface area contributed by atoms with Crippen molar-refractivity contribution in [2.45, 2.75) is 140 Å². The van der Waals surface area contributed by atoms with E-state index in [9.17, 15) is 14.4 Å². The topological polar surface area (TPSA) is 78.9 Å². The van der Waals surface area contributed by atoms with Crippen LogP contribution in [0, 0.1) is 88.3 Å². The zero-order chi connectivity index (χ0) is 29.3. The largest absolute Gasteiger partial charge is 0.462 e. The fourth-order valence-electron chi connectivity index (χ4n) is 13.5. The minimum Gasteiger partial charge on any atom is -0.462 e. The first-order valence-corrected chi connectivity index (χ1v) is 17.6. The van der Waals surface area contributed by atoms with Crippen LogP contribution in [-0.2, 0) is 28.6 Å². The molecule has 16 atom stereocenters. The number of carbonyl (C=O) groups excluding carboxylic acids is 3. The van der Waals surface area contributed by atoms with Crippen LogP contribution in [0.1, 0.15) is 129 Å². The minimum absolute atomic E-state index is 0. The van der Waals surface area contributed by atoms with Gasteiger partial charge in [0.25, 0.3) is 0 Å². The van der Waals surface area contributed by atoms with Crippen molar-refractivity contribution in [3.8, 4) is 0 Å². The average molecular weight is 645 g/mol. The van der Waals surface area contributed by atoms with E-state index in [1.54, 1.807) is 0 Å². The summed E-state index contributed by atoms with van der Waals surface area (Å²) in [7, 11) is 0. The molecular formula is C40H68O6. The van der Waals surface area contributed by atoms with Crippen molar-refractivity contribution in [1.82, 2.24) is 0 Å². The Balaban J connectivity index is 0.00000120. The van der Waals surface area contributed by atoms with Crippen molar-refractivity contribution in [3.63, 3.8) is 0 Å². The summed E-state index contributed by atoms with van der Waals surface area (Å²) in [4.78, 5) is 39.8. The molecule has 46 heavy (non-hydrogen) atoms. The van der Waals surface area contributed by atoms with E-state index in [1.807, 2.05) is 13.8 Å². The van der Waals surface area contributed by atoms with Gasteiger partial charge in [-0.05, 0) is 123 Å². The number of fused-ring (bicyclic) bond motifs is 9. The predicted molar refractivity (Wildman–Crippen MR) is 182 cm³/mol. The molecule has 16 unspecified atom stereocenters. The maximum atomic E-state index is 14.1. The lowest BCUT2D eigenvalue weighted by molar-refractivity contribution is -0.179. The molecule has 8 rings (SSSR count). The Labute approximate surface area is 281 Å². The number of cyclic esters (lactones) is 1. The van der Waals surface area contributed by atoms with E-state index in [1.165, 1.54) is 32.1 Å². The van der Waals surface area contributed by atoms with Crippen LogP contribution in [0.2, 0.25) is 0 Å². The molecule has 0 amide bonds. The Bertz CT molecular complexity index is 1160. The number of carbonyl (C=O) groups is 3. The van der Waals surface area contributed by atoms with Crippen LogP contribution in [0.3, 0.4) is 0 Å². The van der Waals surface area contributed by atoms with Gasteiger partial charge < -0.3 is 14.2 Å². The van der Waals surface area contributed by atoms with Crippen LogP contribution in [-0.4, -0.2) is 36.2 Å². The maximum Gasteiger partial charge on any atom is 0.348 e. The van der Waals surface area contributed by atoms with Crippen LogP contribution < -0.4 is 0 Å². The number of esters is 3. The third kappa shape index (κ3) is 5.10. The molecule has 0 radical (unpaired) electrons. The van der Waals surface area contributed by atoms with Gasteiger partial charge in [0.15, 0.2) is 0 Å². The van der Waals surface area contributed by atoms with E-state index in [4.69, 9.17) is 14.2 Å². The van der Waals surface area contributed by atoms with E-state index in [0.29, 0.717) is 59.9 Å². The summed E-state index contributed by atoms with van der Waals surface area (Å²) >= 11 is 0. The van der Waals surface area contributed by atoms with E-state index < -0.39 is 17.5 Å². The molecule has 6 heteroatoms. The molecule has 8 aliphatic rings. The highest BCUT2D eigenvalue weighted by Crippen LogP contribution is 2.68. The first-order chi connectivity index (χ1) is 20.0. The molecule has 6 bridgehead atoms. The summed E-state index contributed by atoms with van der Waals surface area (Å²) < 4.78 is 17.8. The Morgan fingerprint density at radius 2 is 1.43 bits per heavy atom. The van der Waals surface area contributed by atoms with Crippen molar-refractivity contribution in [3.05, 3.63) is 0 Å². The Hall–Kier alpha value is -1.59. The van der Waals surface area contributed by atoms with Crippen molar-refractivity contribution >= 4 is 17.9 Å². The molecule has 264 valence electrons. The summed E-state index contributed by atoms with van der Waals surface area (Å²) in [5, 5.41) is 0. The monoisotopic (exact) mass is 645 g/mol. The Morgan fingerprint density at radius 1 is 0.783 bits per heavy atom. The smallest absolute Gasteiger partial charge is 0.348 e.